The van der Waals surface area contributed by atoms with Crippen molar-refractivity contribution in [3.63, 3.8) is 0 Å². The smallest absolute Gasteiger partial charge is 0.0944 e. The summed E-state index contributed by atoms with van der Waals surface area (Å²) in [5.41, 5.74) is 1.90. The minimum atomic E-state index is -0.694. The molecule has 1 N–H and O–H groups in total. The lowest BCUT2D eigenvalue weighted by Gasteiger charge is -2.27. The van der Waals surface area contributed by atoms with Crippen LogP contribution >= 0.6 is 0 Å². The molecule has 0 spiro atoms. The highest BCUT2D eigenvalue weighted by molar-refractivity contribution is 4.99. The van der Waals surface area contributed by atoms with Crippen LogP contribution < -0.4 is 0 Å². The van der Waals surface area contributed by atoms with Gasteiger partial charge in [0.2, 0.25) is 0 Å². The summed E-state index contributed by atoms with van der Waals surface area (Å²) >= 11 is 0. The molecule has 10 heavy (non-hydrogen) atoms. The molecular weight excluding hydrogens is 128 g/mol. The molecule has 1 heterocycles. The van der Waals surface area contributed by atoms with Crippen LogP contribution in [0.4, 0.5) is 0 Å². The number of hydrogen-bond acceptors (Lipinski definition) is 2. The third-order valence-corrected chi connectivity index (χ3v) is 1.73. The molecule has 1 saturated heterocycles. The van der Waals surface area contributed by atoms with Crippen molar-refractivity contribution < 1.29 is 9.84 Å². The van der Waals surface area contributed by atoms with Crippen LogP contribution in [0.2, 0.25) is 0 Å². The van der Waals surface area contributed by atoms with Gasteiger partial charge >= 0.3 is 0 Å². The lowest BCUT2D eigenvalue weighted by molar-refractivity contribution is -0.0320. The first-order chi connectivity index (χ1) is 4.77. The molecule has 2 nitrogen and oxygen atoms in total. The van der Waals surface area contributed by atoms with Crippen molar-refractivity contribution in [3.05, 3.63) is 18.4 Å². The second-order valence-corrected chi connectivity index (χ2v) is 2.56. The van der Waals surface area contributed by atoms with E-state index in [0.717, 1.165) is 0 Å². The second-order valence-electron chi connectivity index (χ2n) is 2.56. The van der Waals surface area contributed by atoms with Gasteiger partial charge < -0.3 is 9.84 Å². The lowest BCUT2D eigenvalue weighted by Crippen LogP contribution is -2.33. The Kier molecular flexibility index (Phi) is 2.28. The summed E-state index contributed by atoms with van der Waals surface area (Å²) in [6, 6.07) is 0. The number of hydrogen-bond donors (Lipinski definition) is 1. The highest BCUT2D eigenvalue weighted by Crippen LogP contribution is 2.20. The Morgan fingerprint density at radius 1 is 1.50 bits per heavy atom. The van der Waals surface area contributed by atoms with E-state index in [1.165, 1.54) is 0 Å². The van der Waals surface area contributed by atoms with E-state index in [-0.39, 0.29) is 0 Å². The summed E-state index contributed by atoms with van der Waals surface area (Å²) in [6.45, 7) is 4.69. The Labute approximate surface area is 60.8 Å². The highest BCUT2D eigenvalue weighted by Gasteiger charge is 2.26. The fourth-order valence-electron chi connectivity index (χ4n) is 1.06. The van der Waals surface area contributed by atoms with E-state index in [4.69, 9.17) is 4.74 Å². The standard InChI is InChI=1S/C8H12O2/c1-2-3-8(9)4-6-10-7-5-8/h3,9H,1,4-7H2. The molecule has 0 aromatic heterocycles. The maximum atomic E-state index is 9.63. The average Bonchev–Trinajstić information content (AvgIpc) is 1.89. The molecule has 0 radical (unpaired) electrons. The minimum absolute atomic E-state index is 0.634. The molecule has 0 aromatic carbocycles. The Morgan fingerprint density at radius 3 is 2.60 bits per heavy atom. The molecule has 2 heteroatoms. The number of rotatable bonds is 1. The molecule has 0 saturated carbocycles. The molecule has 1 fully saturated rings. The van der Waals surface area contributed by atoms with Gasteiger partial charge in [0.05, 0.1) is 5.60 Å². The van der Waals surface area contributed by atoms with Gasteiger partial charge in [-0.05, 0) is 6.08 Å². The zero-order valence-corrected chi connectivity index (χ0v) is 5.97. The Balaban J connectivity index is 2.56. The number of ether oxygens (including phenoxy) is 1. The molecule has 56 valence electrons. The van der Waals surface area contributed by atoms with Crippen molar-refractivity contribution in [2.75, 3.05) is 13.2 Å². The van der Waals surface area contributed by atoms with E-state index < -0.39 is 5.60 Å². The van der Waals surface area contributed by atoms with E-state index in [0.29, 0.717) is 26.1 Å². The van der Waals surface area contributed by atoms with Gasteiger partial charge in [0, 0.05) is 26.1 Å². The fraction of sp³-hybridized carbons (Fsp3) is 0.625. The Morgan fingerprint density at radius 2 is 2.10 bits per heavy atom. The topological polar surface area (TPSA) is 29.5 Å². The van der Waals surface area contributed by atoms with Crippen LogP contribution in [-0.2, 0) is 4.74 Å². The van der Waals surface area contributed by atoms with Crippen molar-refractivity contribution in [1.82, 2.24) is 0 Å². The highest BCUT2D eigenvalue weighted by atomic mass is 16.5. The van der Waals surface area contributed by atoms with E-state index in [1.54, 1.807) is 6.08 Å². The van der Waals surface area contributed by atoms with Crippen LogP contribution in [0.1, 0.15) is 12.8 Å². The van der Waals surface area contributed by atoms with Gasteiger partial charge in [-0.2, -0.15) is 0 Å². The second kappa shape index (κ2) is 3.02. The molecule has 0 atom stereocenters. The van der Waals surface area contributed by atoms with Crippen molar-refractivity contribution in [2.24, 2.45) is 0 Å². The first kappa shape index (κ1) is 7.55. The van der Waals surface area contributed by atoms with Gasteiger partial charge in [0.25, 0.3) is 0 Å². The average molecular weight is 140 g/mol. The first-order valence-corrected chi connectivity index (χ1v) is 3.44. The zero-order chi connectivity index (χ0) is 7.45. The molecule has 1 rings (SSSR count). The minimum Gasteiger partial charge on any atom is -0.385 e. The van der Waals surface area contributed by atoms with Crippen LogP contribution in [0.15, 0.2) is 18.4 Å². The van der Waals surface area contributed by atoms with E-state index in [2.05, 4.69) is 12.3 Å². The maximum absolute atomic E-state index is 9.63. The normalized spacial score (nSPS) is 23.3. The van der Waals surface area contributed by atoms with Crippen molar-refractivity contribution in [2.45, 2.75) is 18.4 Å². The molecule has 0 aliphatic carbocycles. The Bertz CT molecular complexity index is 151. The van der Waals surface area contributed by atoms with Crippen LogP contribution in [0.3, 0.4) is 0 Å². The largest absolute Gasteiger partial charge is 0.385 e. The van der Waals surface area contributed by atoms with Crippen LogP contribution in [0, 0.1) is 0 Å². The van der Waals surface area contributed by atoms with Gasteiger partial charge in [0.15, 0.2) is 0 Å². The monoisotopic (exact) mass is 140 g/mol. The third kappa shape index (κ3) is 1.71. The van der Waals surface area contributed by atoms with Crippen LogP contribution in [0.5, 0.6) is 0 Å². The van der Waals surface area contributed by atoms with Crippen molar-refractivity contribution in [1.29, 1.82) is 0 Å². The molecule has 0 bridgehead atoms. The van der Waals surface area contributed by atoms with Crippen LogP contribution in [0.25, 0.3) is 0 Å². The first-order valence-electron chi connectivity index (χ1n) is 3.44. The molecule has 1 aliphatic rings. The number of aliphatic hydroxyl groups is 1. The summed E-state index contributed by atoms with van der Waals surface area (Å²) in [6.07, 6.45) is 2.94. The summed E-state index contributed by atoms with van der Waals surface area (Å²) in [7, 11) is 0. The summed E-state index contributed by atoms with van der Waals surface area (Å²) < 4.78 is 5.08. The van der Waals surface area contributed by atoms with Gasteiger partial charge in [-0.15, -0.1) is 5.73 Å². The summed E-state index contributed by atoms with van der Waals surface area (Å²) in [5, 5.41) is 9.63. The molecule has 0 amide bonds. The predicted molar refractivity (Wildman–Crippen MR) is 38.7 cm³/mol. The molecular formula is C8H12O2. The quantitative estimate of drug-likeness (QED) is 0.547. The third-order valence-electron chi connectivity index (χ3n) is 1.73. The summed E-state index contributed by atoms with van der Waals surface area (Å²) in [4.78, 5) is 0. The van der Waals surface area contributed by atoms with E-state index >= 15 is 0 Å². The van der Waals surface area contributed by atoms with Crippen LogP contribution in [-0.4, -0.2) is 23.9 Å². The van der Waals surface area contributed by atoms with E-state index in [1.807, 2.05) is 0 Å². The van der Waals surface area contributed by atoms with Gasteiger partial charge in [0.1, 0.15) is 0 Å². The fourth-order valence-corrected chi connectivity index (χ4v) is 1.06. The van der Waals surface area contributed by atoms with Crippen molar-refractivity contribution >= 4 is 0 Å². The zero-order valence-electron chi connectivity index (χ0n) is 5.97. The maximum Gasteiger partial charge on any atom is 0.0944 e. The van der Waals surface area contributed by atoms with Gasteiger partial charge in [-0.3, -0.25) is 0 Å². The van der Waals surface area contributed by atoms with Gasteiger partial charge in [-0.25, -0.2) is 0 Å². The van der Waals surface area contributed by atoms with Gasteiger partial charge in [-0.1, -0.05) is 6.58 Å². The SMILES string of the molecule is C=C=CC1(O)CCOCC1. The summed E-state index contributed by atoms with van der Waals surface area (Å²) in [5.74, 6) is 0. The Hall–Kier alpha value is -0.560. The lowest BCUT2D eigenvalue weighted by atomic mass is 9.95. The van der Waals surface area contributed by atoms with E-state index in [9.17, 15) is 5.11 Å². The molecule has 0 aromatic rings. The predicted octanol–water partition coefficient (Wildman–Crippen LogP) is 0.869. The van der Waals surface area contributed by atoms with Crippen molar-refractivity contribution in [3.8, 4) is 0 Å². The molecule has 1 aliphatic heterocycles. The molecule has 0 unspecified atom stereocenters.